The summed E-state index contributed by atoms with van der Waals surface area (Å²) in [4.78, 5) is 34.8. The molecule has 0 saturated carbocycles. The van der Waals surface area contributed by atoms with Crippen molar-refractivity contribution in [3.63, 3.8) is 0 Å². The fourth-order valence-corrected chi connectivity index (χ4v) is 3.53. The van der Waals surface area contributed by atoms with Crippen molar-refractivity contribution in [1.29, 1.82) is 0 Å². The van der Waals surface area contributed by atoms with Crippen molar-refractivity contribution < 1.29 is 24.2 Å². The number of carboxylic acids is 1. The van der Waals surface area contributed by atoms with Crippen LogP contribution in [-0.2, 0) is 14.3 Å². The number of hydrogen-bond donors (Lipinski definition) is 1. The normalized spacial score (nSPS) is 10.4. The van der Waals surface area contributed by atoms with Crippen molar-refractivity contribution in [1.82, 2.24) is 0 Å². The van der Waals surface area contributed by atoms with Gasteiger partial charge in [-0.1, -0.05) is 23.8 Å². The Labute approximate surface area is 155 Å². The van der Waals surface area contributed by atoms with Gasteiger partial charge < -0.3 is 20.0 Å². The van der Waals surface area contributed by atoms with Crippen LogP contribution in [0, 0.1) is 13.8 Å². The number of rotatable bonds is 7. The van der Waals surface area contributed by atoms with Gasteiger partial charge in [-0.15, -0.1) is 11.3 Å². The molecule has 0 unspecified atom stereocenters. The van der Waals surface area contributed by atoms with Crippen molar-refractivity contribution >= 4 is 34.2 Å². The number of aliphatic carboxylic acids is 1. The van der Waals surface area contributed by atoms with Crippen LogP contribution in [0.1, 0.15) is 40.7 Å². The van der Waals surface area contributed by atoms with E-state index in [9.17, 15) is 19.5 Å². The van der Waals surface area contributed by atoms with Gasteiger partial charge in [-0.05, 0) is 37.8 Å². The standard InChI is InChI=1S/C19H21NO5S/c1-11-7-8-12(2)13(9-11)14-10-26-18(17(14)19(24)25-3)20-15(21)5-4-6-16(22)23/h7-10H,4-6H2,1-3H3,(H,20,21)(H,22,23)/p-1. The lowest BCUT2D eigenvalue weighted by Crippen LogP contribution is -2.22. The van der Waals surface area contributed by atoms with Crippen LogP contribution in [0.5, 0.6) is 0 Å². The van der Waals surface area contributed by atoms with Gasteiger partial charge in [0.05, 0.1) is 7.11 Å². The lowest BCUT2D eigenvalue weighted by atomic mass is 9.97. The summed E-state index contributed by atoms with van der Waals surface area (Å²) in [5.41, 5.74) is 3.97. The van der Waals surface area contributed by atoms with E-state index in [1.165, 1.54) is 18.4 Å². The Hall–Kier alpha value is -2.67. The number of carboxylic acid groups (broad SMARTS) is 1. The van der Waals surface area contributed by atoms with E-state index in [1.54, 1.807) is 0 Å². The molecule has 0 aliphatic carbocycles. The molecule has 0 atom stereocenters. The zero-order valence-electron chi connectivity index (χ0n) is 14.9. The molecule has 6 nitrogen and oxygen atoms in total. The number of amides is 1. The zero-order valence-corrected chi connectivity index (χ0v) is 15.7. The molecule has 1 N–H and O–H groups in total. The van der Waals surface area contributed by atoms with Crippen LogP contribution in [-0.4, -0.2) is 25.0 Å². The molecule has 0 aliphatic heterocycles. The third kappa shape index (κ3) is 4.70. The number of aryl methyl sites for hydroxylation is 2. The minimum absolute atomic E-state index is 0.0330. The van der Waals surface area contributed by atoms with E-state index in [0.717, 1.165) is 16.7 Å². The first-order chi connectivity index (χ1) is 12.3. The van der Waals surface area contributed by atoms with Gasteiger partial charge in [-0.3, -0.25) is 4.79 Å². The molecule has 0 saturated heterocycles. The first-order valence-electron chi connectivity index (χ1n) is 8.10. The van der Waals surface area contributed by atoms with Crippen molar-refractivity contribution in [2.75, 3.05) is 12.4 Å². The van der Waals surface area contributed by atoms with E-state index in [4.69, 9.17) is 4.74 Å². The molecule has 0 fully saturated rings. The summed E-state index contributed by atoms with van der Waals surface area (Å²) in [5.74, 6) is -2.08. The number of methoxy groups -OCH3 is 1. The lowest BCUT2D eigenvalue weighted by molar-refractivity contribution is -0.305. The number of hydrogen-bond acceptors (Lipinski definition) is 6. The maximum atomic E-state index is 12.3. The number of carbonyl (C=O) groups excluding carboxylic acids is 3. The quantitative estimate of drug-likeness (QED) is 0.752. The number of benzene rings is 1. The number of carbonyl (C=O) groups is 3. The fraction of sp³-hybridized carbons (Fsp3) is 0.316. The van der Waals surface area contributed by atoms with Crippen molar-refractivity contribution in [3.05, 3.63) is 40.3 Å². The van der Waals surface area contributed by atoms with Gasteiger partial charge in [-0.2, -0.15) is 0 Å². The Balaban J connectivity index is 2.32. The minimum Gasteiger partial charge on any atom is -0.550 e. The predicted octanol–water partition coefficient (Wildman–Crippen LogP) is 2.68. The number of nitrogens with one attached hydrogen (secondary N) is 1. The van der Waals surface area contributed by atoms with Crippen molar-refractivity contribution in [2.24, 2.45) is 0 Å². The predicted molar refractivity (Wildman–Crippen MR) is 98.1 cm³/mol. The third-order valence-electron chi connectivity index (χ3n) is 3.90. The van der Waals surface area contributed by atoms with Crippen LogP contribution in [0.4, 0.5) is 5.00 Å². The van der Waals surface area contributed by atoms with Crippen LogP contribution in [0.3, 0.4) is 0 Å². The summed E-state index contributed by atoms with van der Waals surface area (Å²) >= 11 is 1.24. The molecular formula is C19H20NO5S-. The molecule has 1 aromatic heterocycles. The van der Waals surface area contributed by atoms with Gasteiger partial charge in [0.15, 0.2) is 0 Å². The maximum absolute atomic E-state index is 12.3. The summed E-state index contributed by atoms with van der Waals surface area (Å²) in [6.45, 7) is 3.92. The summed E-state index contributed by atoms with van der Waals surface area (Å²) in [6, 6.07) is 5.94. The molecule has 26 heavy (non-hydrogen) atoms. The number of esters is 1. The highest BCUT2D eigenvalue weighted by molar-refractivity contribution is 7.15. The zero-order chi connectivity index (χ0) is 19.3. The molecule has 2 rings (SSSR count). The summed E-state index contributed by atoms with van der Waals surface area (Å²) in [6.07, 6.45) is 0.0255. The first kappa shape index (κ1) is 19.7. The third-order valence-corrected chi connectivity index (χ3v) is 4.80. The van der Waals surface area contributed by atoms with E-state index in [0.29, 0.717) is 16.1 Å². The van der Waals surface area contributed by atoms with E-state index >= 15 is 0 Å². The molecular weight excluding hydrogens is 354 g/mol. The van der Waals surface area contributed by atoms with Crippen LogP contribution in [0.2, 0.25) is 0 Å². The molecule has 0 aliphatic rings. The second-order valence-electron chi connectivity index (χ2n) is 5.94. The lowest BCUT2D eigenvalue weighted by Gasteiger charge is -2.10. The Morgan fingerprint density at radius 1 is 1.15 bits per heavy atom. The average molecular weight is 374 g/mol. The first-order valence-corrected chi connectivity index (χ1v) is 8.98. The summed E-state index contributed by atoms with van der Waals surface area (Å²) in [5, 5.41) is 15.3. The van der Waals surface area contributed by atoms with Crippen LogP contribution >= 0.6 is 11.3 Å². The molecule has 0 radical (unpaired) electrons. The average Bonchev–Trinajstić information content (AvgIpc) is 2.99. The highest BCUT2D eigenvalue weighted by Gasteiger charge is 2.23. The van der Waals surface area contributed by atoms with Crippen LogP contribution in [0.25, 0.3) is 11.1 Å². The smallest absolute Gasteiger partial charge is 0.341 e. The maximum Gasteiger partial charge on any atom is 0.341 e. The molecule has 1 amide bonds. The van der Waals surface area contributed by atoms with E-state index in [-0.39, 0.29) is 25.2 Å². The molecule has 138 valence electrons. The topological polar surface area (TPSA) is 95.5 Å². The molecule has 2 aromatic rings. The van der Waals surface area contributed by atoms with E-state index in [2.05, 4.69) is 5.32 Å². The minimum atomic E-state index is -1.19. The SMILES string of the molecule is COC(=O)c1c(-c2cc(C)ccc2C)csc1NC(=O)CCCC(=O)[O-]. The van der Waals surface area contributed by atoms with E-state index in [1.807, 2.05) is 37.4 Å². The van der Waals surface area contributed by atoms with Gasteiger partial charge in [0, 0.05) is 23.3 Å². The van der Waals surface area contributed by atoms with Crippen molar-refractivity contribution in [2.45, 2.75) is 33.1 Å². The highest BCUT2D eigenvalue weighted by atomic mass is 32.1. The second-order valence-corrected chi connectivity index (χ2v) is 6.82. The van der Waals surface area contributed by atoms with Gasteiger partial charge in [0.2, 0.25) is 5.91 Å². The van der Waals surface area contributed by atoms with Gasteiger partial charge >= 0.3 is 5.97 Å². The highest BCUT2D eigenvalue weighted by Crippen LogP contribution is 2.38. The fourth-order valence-electron chi connectivity index (χ4n) is 2.56. The summed E-state index contributed by atoms with van der Waals surface area (Å²) in [7, 11) is 1.29. The summed E-state index contributed by atoms with van der Waals surface area (Å²) < 4.78 is 4.89. The monoisotopic (exact) mass is 374 g/mol. The Bertz CT molecular complexity index is 840. The molecule has 0 spiro atoms. The second kappa shape index (κ2) is 8.62. The molecule has 0 bridgehead atoms. The van der Waals surface area contributed by atoms with Crippen LogP contribution in [0.15, 0.2) is 23.6 Å². The van der Waals surface area contributed by atoms with Gasteiger partial charge in [-0.25, -0.2) is 4.79 Å². The Morgan fingerprint density at radius 3 is 2.54 bits per heavy atom. The molecule has 1 heterocycles. The van der Waals surface area contributed by atoms with Gasteiger partial charge in [0.25, 0.3) is 0 Å². The van der Waals surface area contributed by atoms with E-state index < -0.39 is 11.9 Å². The van der Waals surface area contributed by atoms with Gasteiger partial charge in [0.1, 0.15) is 10.6 Å². The molecule has 1 aromatic carbocycles. The molecule has 7 heteroatoms. The number of thiophene rings is 1. The van der Waals surface area contributed by atoms with Crippen LogP contribution < -0.4 is 10.4 Å². The Morgan fingerprint density at radius 2 is 1.88 bits per heavy atom. The van der Waals surface area contributed by atoms with Crippen molar-refractivity contribution in [3.8, 4) is 11.1 Å². The largest absolute Gasteiger partial charge is 0.550 e. The Kier molecular flexibility index (Phi) is 6.52. The number of ether oxygens (including phenoxy) is 1. The number of anilines is 1.